The number of likely N-dealkylation sites (N-methyl/N-ethyl adjacent to an activating group) is 1. The van der Waals surface area contributed by atoms with Crippen molar-refractivity contribution < 1.29 is 14.4 Å². The molecular weight excluding hydrogens is 382 g/mol. The fourth-order valence-electron chi connectivity index (χ4n) is 3.34. The molecule has 0 radical (unpaired) electrons. The van der Waals surface area contributed by atoms with Gasteiger partial charge in [0.25, 0.3) is 5.91 Å². The Bertz CT molecular complexity index is 948. The molecule has 1 aromatic heterocycles. The lowest BCUT2D eigenvalue weighted by Crippen LogP contribution is -3.12. The van der Waals surface area contributed by atoms with E-state index in [4.69, 9.17) is 9.72 Å². The Morgan fingerprint density at radius 1 is 1.10 bits per heavy atom. The zero-order valence-corrected chi connectivity index (χ0v) is 18.5. The number of hydrogen-bond acceptors (Lipinski definition) is 4. The summed E-state index contributed by atoms with van der Waals surface area (Å²) in [5, 5.41) is 0.764. The molecule has 1 amide bonds. The second-order valence-electron chi connectivity index (χ2n) is 7.04. The molecule has 0 bridgehead atoms. The van der Waals surface area contributed by atoms with Gasteiger partial charge in [0.1, 0.15) is 5.75 Å². The second-order valence-corrected chi connectivity index (χ2v) is 8.05. The molecule has 5 nitrogen and oxygen atoms in total. The van der Waals surface area contributed by atoms with E-state index in [0.717, 1.165) is 47.2 Å². The number of aryl methyl sites for hydroxylation is 1. The first-order valence-electron chi connectivity index (χ1n) is 10.3. The summed E-state index contributed by atoms with van der Waals surface area (Å²) in [5.41, 5.74) is 2.88. The Balaban J connectivity index is 1.94. The van der Waals surface area contributed by atoms with Gasteiger partial charge in [0.05, 0.1) is 43.5 Å². The molecule has 0 spiro atoms. The number of amides is 1. The van der Waals surface area contributed by atoms with E-state index in [9.17, 15) is 4.79 Å². The van der Waals surface area contributed by atoms with Gasteiger partial charge < -0.3 is 9.64 Å². The maximum Gasteiger partial charge on any atom is 0.260 e. The standard InChI is InChI=1S/C23H29N3O2S/c1-5-17-8-13-20-21(16-17)29-23(24-20)26(15-14-25(6-2)7-3)22(27)18-9-11-19(28-4)12-10-18/h8-13,16H,5-7,14-15H2,1-4H3/p+1. The summed E-state index contributed by atoms with van der Waals surface area (Å²) in [5.74, 6) is 0.724. The molecule has 3 aromatic rings. The van der Waals surface area contributed by atoms with Crippen LogP contribution in [0.4, 0.5) is 5.13 Å². The van der Waals surface area contributed by atoms with E-state index < -0.39 is 0 Å². The van der Waals surface area contributed by atoms with Crippen LogP contribution in [0, 0.1) is 0 Å². The van der Waals surface area contributed by atoms with Crippen LogP contribution in [0.3, 0.4) is 0 Å². The minimum Gasteiger partial charge on any atom is -0.497 e. The second kappa shape index (κ2) is 9.85. The van der Waals surface area contributed by atoms with Crippen LogP contribution >= 0.6 is 11.3 Å². The van der Waals surface area contributed by atoms with Crippen LogP contribution in [-0.2, 0) is 6.42 Å². The van der Waals surface area contributed by atoms with Crippen molar-refractivity contribution in [3.8, 4) is 5.75 Å². The molecule has 0 unspecified atom stereocenters. The molecule has 0 aliphatic carbocycles. The summed E-state index contributed by atoms with van der Waals surface area (Å²) in [6.07, 6.45) is 0.989. The van der Waals surface area contributed by atoms with Crippen molar-refractivity contribution in [2.24, 2.45) is 0 Å². The number of nitrogens with one attached hydrogen (secondary N) is 1. The molecule has 29 heavy (non-hydrogen) atoms. The molecule has 0 aliphatic heterocycles. The van der Waals surface area contributed by atoms with Crippen LogP contribution in [0.15, 0.2) is 42.5 Å². The van der Waals surface area contributed by atoms with Crippen LogP contribution in [0.2, 0.25) is 0 Å². The topological polar surface area (TPSA) is 46.9 Å². The van der Waals surface area contributed by atoms with Crippen molar-refractivity contribution in [1.82, 2.24) is 4.98 Å². The molecule has 6 heteroatoms. The van der Waals surface area contributed by atoms with Gasteiger partial charge in [0.2, 0.25) is 0 Å². The normalized spacial score (nSPS) is 11.2. The average molecular weight is 413 g/mol. The van der Waals surface area contributed by atoms with Crippen LogP contribution in [0.25, 0.3) is 10.2 Å². The van der Waals surface area contributed by atoms with Gasteiger partial charge >= 0.3 is 0 Å². The van der Waals surface area contributed by atoms with Gasteiger partial charge in [0.15, 0.2) is 5.13 Å². The van der Waals surface area contributed by atoms with Crippen molar-refractivity contribution in [3.63, 3.8) is 0 Å². The van der Waals surface area contributed by atoms with Crippen molar-refractivity contribution in [3.05, 3.63) is 53.6 Å². The number of methoxy groups -OCH3 is 1. The zero-order chi connectivity index (χ0) is 20.8. The number of ether oxygens (including phenoxy) is 1. The highest BCUT2D eigenvalue weighted by atomic mass is 32.1. The maximum atomic E-state index is 13.4. The van der Waals surface area contributed by atoms with Crippen LogP contribution < -0.4 is 14.5 Å². The number of carbonyl (C=O) groups is 1. The molecule has 1 heterocycles. The first-order chi connectivity index (χ1) is 14.1. The molecule has 0 atom stereocenters. The Morgan fingerprint density at radius 2 is 1.83 bits per heavy atom. The number of quaternary nitrogens is 1. The minimum absolute atomic E-state index is 0.0195. The Morgan fingerprint density at radius 3 is 2.45 bits per heavy atom. The number of fused-ring (bicyclic) bond motifs is 1. The van der Waals surface area contributed by atoms with E-state index in [1.54, 1.807) is 18.4 Å². The lowest BCUT2D eigenvalue weighted by atomic mass is 10.2. The van der Waals surface area contributed by atoms with Crippen molar-refractivity contribution >= 4 is 32.6 Å². The van der Waals surface area contributed by atoms with E-state index >= 15 is 0 Å². The first kappa shape index (κ1) is 21.3. The number of aromatic nitrogens is 1. The average Bonchev–Trinajstić information content (AvgIpc) is 3.19. The SMILES string of the molecule is CCc1ccc2nc(N(CC[NH+](CC)CC)C(=O)c3ccc(OC)cc3)sc2c1. The van der Waals surface area contributed by atoms with Gasteiger partial charge in [-0.05, 0) is 62.2 Å². The van der Waals surface area contributed by atoms with Gasteiger partial charge in [-0.3, -0.25) is 9.69 Å². The maximum absolute atomic E-state index is 13.4. The first-order valence-corrected chi connectivity index (χ1v) is 11.1. The predicted octanol–water partition coefficient (Wildman–Crippen LogP) is 3.44. The predicted molar refractivity (Wildman–Crippen MR) is 121 cm³/mol. The number of rotatable bonds is 9. The van der Waals surface area contributed by atoms with Crippen LogP contribution in [-0.4, -0.2) is 44.2 Å². The molecule has 2 aromatic carbocycles. The fourth-order valence-corrected chi connectivity index (χ4v) is 4.39. The number of thiazole rings is 1. The summed E-state index contributed by atoms with van der Waals surface area (Å²) in [4.78, 5) is 21.5. The molecule has 3 rings (SSSR count). The van der Waals surface area contributed by atoms with Crippen molar-refractivity contribution in [2.75, 3.05) is 38.2 Å². The number of carbonyl (C=O) groups excluding carboxylic acids is 1. The summed E-state index contributed by atoms with van der Waals surface area (Å²) < 4.78 is 6.35. The number of hydrogen-bond donors (Lipinski definition) is 1. The third-order valence-electron chi connectivity index (χ3n) is 5.35. The van der Waals surface area contributed by atoms with Crippen LogP contribution in [0.1, 0.15) is 36.7 Å². The van der Waals surface area contributed by atoms with E-state index in [0.29, 0.717) is 12.1 Å². The lowest BCUT2D eigenvalue weighted by molar-refractivity contribution is -0.894. The Hall–Kier alpha value is -2.44. The van der Waals surface area contributed by atoms with E-state index in [2.05, 4.69) is 39.0 Å². The highest BCUT2D eigenvalue weighted by Gasteiger charge is 2.23. The molecule has 0 aliphatic rings. The smallest absolute Gasteiger partial charge is 0.260 e. The molecular formula is C23H30N3O2S+. The van der Waals surface area contributed by atoms with Crippen molar-refractivity contribution in [2.45, 2.75) is 27.2 Å². The quantitative estimate of drug-likeness (QED) is 0.586. The van der Waals surface area contributed by atoms with Crippen molar-refractivity contribution in [1.29, 1.82) is 0 Å². The summed E-state index contributed by atoms with van der Waals surface area (Å²) >= 11 is 1.59. The Labute approximate surface area is 176 Å². The highest BCUT2D eigenvalue weighted by Crippen LogP contribution is 2.30. The van der Waals surface area contributed by atoms with Gasteiger partial charge in [0, 0.05) is 5.56 Å². The summed E-state index contributed by atoms with van der Waals surface area (Å²) in [6.45, 7) is 10.1. The van der Waals surface area contributed by atoms with Gasteiger partial charge in [-0.15, -0.1) is 0 Å². The number of anilines is 1. The van der Waals surface area contributed by atoms with Gasteiger partial charge in [-0.25, -0.2) is 4.98 Å². The zero-order valence-electron chi connectivity index (χ0n) is 17.7. The molecule has 0 saturated carbocycles. The minimum atomic E-state index is -0.0195. The number of benzene rings is 2. The number of nitrogens with zero attached hydrogens (tertiary/aromatic N) is 2. The molecule has 0 saturated heterocycles. The summed E-state index contributed by atoms with van der Waals surface area (Å²) in [6, 6.07) is 13.6. The largest absolute Gasteiger partial charge is 0.497 e. The van der Waals surface area contributed by atoms with E-state index in [1.807, 2.05) is 29.2 Å². The highest BCUT2D eigenvalue weighted by molar-refractivity contribution is 7.22. The van der Waals surface area contributed by atoms with E-state index in [-0.39, 0.29) is 5.91 Å². The molecule has 1 N–H and O–H groups in total. The third kappa shape index (κ3) is 4.95. The van der Waals surface area contributed by atoms with E-state index in [1.165, 1.54) is 10.5 Å². The Kier molecular flexibility index (Phi) is 7.23. The lowest BCUT2D eigenvalue weighted by Gasteiger charge is -2.23. The van der Waals surface area contributed by atoms with Gasteiger partial charge in [-0.1, -0.05) is 24.3 Å². The van der Waals surface area contributed by atoms with Crippen LogP contribution in [0.5, 0.6) is 5.75 Å². The molecule has 154 valence electrons. The molecule has 0 fully saturated rings. The monoisotopic (exact) mass is 412 g/mol. The summed E-state index contributed by atoms with van der Waals surface area (Å²) in [7, 11) is 1.63. The fraction of sp³-hybridized carbons (Fsp3) is 0.391. The third-order valence-corrected chi connectivity index (χ3v) is 6.39. The van der Waals surface area contributed by atoms with Gasteiger partial charge in [-0.2, -0.15) is 0 Å².